The third-order valence-corrected chi connectivity index (χ3v) is 18.4. The standard InChI is InChI=1S/C42H24B5N3O2.C23H28N2O2/c43-32-31(33(44)35(46)36(47)34(32)45)37-48-30-24-14-13-23-29(30)38(49-37)50-39(51)41(25-15-5-1-6-16-25,26-17-7-2-8-18-26)42(40(50)52,27-19-9-3-10-20-27)28-21-11-4-12-22-28;1-15(2)18(16-9-3-4-10-17(16)24)25-19(26)22-13-7-5-11-21(22)12-6-8-14-23(21,22)20(25)27/h1-24H;3-4,9-10,15,24H,5-8,11-14H2,1-2H3/b;18-16+,24-17?. The van der Waals surface area contributed by atoms with Crippen LogP contribution in [0, 0.1) is 27.6 Å². The van der Waals surface area contributed by atoms with Gasteiger partial charge in [0.25, 0.3) is 11.8 Å². The number of amides is 4. The number of imide groups is 2. The van der Waals surface area contributed by atoms with Gasteiger partial charge in [-0.25, -0.2) is 14.9 Å². The maximum absolute atomic E-state index is 16.1. The van der Waals surface area contributed by atoms with Crippen molar-refractivity contribution in [3.63, 3.8) is 0 Å². The topological polar surface area (TPSA) is 124 Å². The Bertz CT molecular complexity index is 3560. The fraction of sp³-hybridized carbons (Fsp3) is 0.246. The summed E-state index contributed by atoms with van der Waals surface area (Å²) in [6, 6.07) is 44.8. The number of allylic oxidation sites excluding steroid dienone is 6. The molecule has 3 spiro atoms. The van der Waals surface area contributed by atoms with Crippen LogP contribution < -0.4 is 32.2 Å². The van der Waals surface area contributed by atoms with Gasteiger partial charge in [0.2, 0.25) is 11.8 Å². The Kier molecular flexibility index (Phi) is 12.6. The summed E-state index contributed by atoms with van der Waals surface area (Å²) in [7, 11) is 31.7. The van der Waals surface area contributed by atoms with Crippen molar-refractivity contribution in [1.82, 2.24) is 14.9 Å². The highest BCUT2D eigenvalue weighted by Gasteiger charge is 2.96. The van der Waals surface area contributed by atoms with Crippen molar-refractivity contribution in [3.05, 3.63) is 203 Å². The molecule has 9 nitrogen and oxygen atoms in total. The van der Waals surface area contributed by atoms with Crippen LogP contribution in [0.3, 0.4) is 0 Å². The van der Waals surface area contributed by atoms with Crippen molar-refractivity contribution < 1.29 is 19.2 Å². The van der Waals surface area contributed by atoms with Crippen molar-refractivity contribution in [3.8, 4) is 11.4 Å². The molecule has 376 valence electrons. The van der Waals surface area contributed by atoms with E-state index in [0.717, 1.165) is 62.6 Å². The van der Waals surface area contributed by atoms with Gasteiger partial charge in [0.05, 0.1) is 22.1 Å². The molecule has 5 fully saturated rings. The molecular formula is C65H52B5N5O4. The Morgan fingerprint density at radius 2 is 0.911 bits per heavy atom. The molecule has 4 aliphatic carbocycles. The number of carbonyl (C=O) groups is 4. The number of fused-ring (bicyclic) bond motifs is 1. The largest absolute Gasteiger partial charge is 0.300 e. The highest BCUT2D eigenvalue weighted by atomic mass is 16.2. The first-order valence-electron chi connectivity index (χ1n) is 27.2. The zero-order valence-electron chi connectivity index (χ0n) is 44.2. The number of carbonyl (C=O) groups excluding carboxylic acids is 4. The van der Waals surface area contributed by atoms with E-state index in [0.29, 0.717) is 38.9 Å². The first-order chi connectivity index (χ1) is 38.2. The lowest BCUT2D eigenvalue weighted by Crippen LogP contribution is -2.55. The van der Waals surface area contributed by atoms with E-state index in [1.807, 2.05) is 153 Å². The van der Waals surface area contributed by atoms with Crippen LogP contribution in [-0.2, 0) is 30.0 Å². The molecule has 3 saturated carbocycles. The van der Waals surface area contributed by atoms with Crippen LogP contribution in [0.4, 0.5) is 5.82 Å². The minimum absolute atomic E-state index is 0.0104. The van der Waals surface area contributed by atoms with Crippen LogP contribution in [0.2, 0.25) is 0 Å². The highest BCUT2D eigenvalue weighted by Crippen LogP contribution is 2.91. The van der Waals surface area contributed by atoms with Crippen LogP contribution >= 0.6 is 0 Å². The molecule has 6 aliphatic rings. The zero-order chi connectivity index (χ0) is 55.2. The van der Waals surface area contributed by atoms with E-state index in [1.165, 1.54) is 9.80 Å². The van der Waals surface area contributed by atoms with Crippen molar-refractivity contribution >= 4 is 113 Å². The number of nitrogens with zero attached hydrogens (tertiary/aromatic N) is 4. The van der Waals surface area contributed by atoms with Gasteiger partial charge in [-0.2, -0.15) is 0 Å². The Morgan fingerprint density at radius 1 is 0.506 bits per heavy atom. The molecule has 4 amide bonds. The zero-order valence-corrected chi connectivity index (χ0v) is 44.2. The van der Waals surface area contributed by atoms with Gasteiger partial charge in [-0.15, -0.1) is 16.4 Å². The first kappa shape index (κ1) is 51.9. The van der Waals surface area contributed by atoms with E-state index in [1.54, 1.807) is 30.3 Å². The normalized spacial score (nSPS) is 24.0. The van der Waals surface area contributed by atoms with Crippen LogP contribution in [0.25, 0.3) is 22.3 Å². The molecule has 0 bridgehead atoms. The molecular weight excluding hydrogens is 969 g/mol. The second kappa shape index (κ2) is 19.2. The Labute approximate surface area is 467 Å². The van der Waals surface area contributed by atoms with Gasteiger partial charge in [0, 0.05) is 27.6 Å². The quantitative estimate of drug-likeness (QED) is 0.135. The third kappa shape index (κ3) is 6.85. The fourth-order valence-corrected chi connectivity index (χ4v) is 15.3. The average Bonchev–Trinajstić information content (AvgIpc) is 1.69. The second-order valence-corrected chi connectivity index (χ2v) is 22.1. The molecule has 2 saturated heterocycles. The van der Waals surface area contributed by atoms with Gasteiger partial charge in [-0.1, -0.05) is 202 Å². The SMILES string of the molecule is CC(C)/C(=C1/C=CC=CC1=N)N1C(=O)C23CCCCC24CCCCC43C1=O.[B]c1c([B])c([B])c(-c2nc(N3C(=O)C(c4ccccc4)(c4ccccc4)C(c4ccccc4)(c4ccccc4)C3=O)c3ccccc3n2)c([B])c1[B]. The predicted octanol–water partition coefficient (Wildman–Crippen LogP) is 6.64. The number of benzene rings is 6. The predicted molar refractivity (Wildman–Crippen MR) is 316 cm³/mol. The second-order valence-electron chi connectivity index (χ2n) is 22.1. The summed E-state index contributed by atoms with van der Waals surface area (Å²) in [5.41, 5.74) is 0.849. The minimum Gasteiger partial charge on any atom is -0.300 e. The Morgan fingerprint density at radius 3 is 1.35 bits per heavy atom. The molecule has 6 aromatic carbocycles. The number of nitrogens with one attached hydrogen (secondary N) is 1. The Hall–Kier alpha value is -7.85. The van der Waals surface area contributed by atoms with Crippen LogP contribution in [0.5, 0.6) is 0 Å². The lowest BCUT2D eigenvalue weighted by molar-refractivity contribution is -0.146. The first-order valence-corrected chi connectivity index (χ1v) is 27.2. The van der Waals surface area contributed by atoms with Gasteiger partial charge in [-0.3, -0.25) is 24.1 Å². The molecule has 1 N–H and O–H groups in total. The molecule has 13 rings (SSSR count). The number of hydrogen-bond acceptors (Lipinski definition) is 7. The van der Waals surface area contributed by atoms with Gasteiger partial charge >= 0.3 is 0 Å². The van der Waals surface area contributed by atoms with E-state index in [9.17, 15) is 9.59 Å². The van der Waals surface area contributed by atoms with E-state index in [2.05, 4.69) is 0 Å². The Balaban J connectivity index is 0.000000193. The van der Waals surface area contributed by atoms with Crippen molar-refractivity contribution in [2.45, 2.75) is 76.0 Å². The molecule has 7 aromatic rings. The maximum Gasteiger partial charge on any atom is 0.251 e. The van der Waals surface area contributed by atoms with Crippen LogP contribution in [-0.4, -0.2) is 83.4 Å². The molecule has 14 heteroatoms. The molecule has 1 aromatic heterocycles. The van der Waals surface area contributed by atoms with Gasteiger partial charge in [0.15, 0.2) is 11.6 Å². The number of hydrogen-bond donors (Lipinski definition) is 1. The lowest BCUT2D eigenvalue weighted by Gasteiger charge is -2.43. The van der Waals surface area contributed by atoms with Gasteiger partial charge < -0.3 is 5.41 Å². The minimum atomic E-state index is -1.63. The number of piperidine rings is 1. The summed E-state index contributed by atoms with van der Waals surface area (Å²) in [5.74, 6) is -0.819. The van der Waals surface area contributed by atoms with E-state index in [4.69, 9.17) is 54.6 Å². The van der Waals surface area contributed by atoms with Gasteiger partial charge in [-0.05, 0) is 72.1 Å². The van der Waals surface area contributed by atoms with Crippen molar-refractivity contribution in [2.24, 2.45) is 22.2 Å². The molecule has 2 unspecified atom stereocenters. The molecule has 79 heavy (non-hydrogen) atoms. The highest BCUT2D eigenvalue weighted by molar-refractivity contribution is 6.68. The van der Waals surface area contributed by atoms with Crippen molar-refractivity contribution in [2.75, 3.05) is 4.90 Å². The maximum atomic E-state index is 16.1. The smallest absolute Gasteiger partial charge is 0.251 e. The third-order valence-electron chi connectivity index (χ3n) is 18.4. The summed E-state index contributed by atoms with van der Waals surface area (Å²) in [4.78, 5) is 72.6. The summed E-state index contributed by atoms with van der Waals surface area (Å²) in [6.07, 6.45) is 15.6. The van der Waals surface area contributed by atoms with E-state index < -0.39 is 33.5 Å². The molecule has 3 heterocycles. The number of likely N-dealkylation sites (tertiary alicyclic amines) is 1. The van der Waals surface area contributed by atoms with Crippen molar-refractivity contribution in [1.29, 1.82) is 5.41 Å². The average molecular weight is 1020 g/mol. The monoisotopic (exact) mass is 1020 g/mol. The molecule has 2 atom stereocenters. The number of para-hydroxylation sites is 1. The summed E-state index contributed by atoms with van der Waals surface area (Å²) >= 11 is 0. The van der Waals surface area contributed by atoms with Crippen LogP contribution in [0.15, 0.2) is 181 Å². The lowest BCUT2D eigenvalue weighted by atomic mass is 9.53. The molecule has 2 aliphatic heterocycles. The summed E-state index contributed by atoms with van der Waals surface area (Å²) in [5, 5.41) is 8.79. The molecule has 10 radical (unpaired) electrons. The number of rotatable bonds is 8. The van der Waals surface area contributed by atoms with E-state index >= 15 is 9.59 Å². The number of aromatic nitrogens is 2. The van der Waals surface area contributed by atoms with Crippen LogP contribution in [0.1, 0.15) is 87.5 Å². The van der Waals surface area contributed by atoms with Gasteiger partial charge in [0.1, 0.15) is 50.1 Å². The fourth-order valence-electron chi connectivity index (χ4n) is 15.3. The van der Waals surface area contributed by atoms with E-state index in [-0.39, 0.29) is 67.7 Å². The summed E-state index contributed by atoms with van der Waals surface area (Å²) < 4.78 is 0. The summed E-state index contributed by atoms with van der Waals surface area (Å²) in [6.45, 7) is 4.05. The number of anilines is 1.